The number of carbonyl (C=O) groups excluding carboxylic acids is 1. The number of amides is 1. The van der Waals surface area contributed by atoms with Crippen LogP contribution in [0.1, 0.15) is 5.69 Å². The van der Waals surface area contributed by atoms with Crippen LogP contribution >= 0.6 is 22.9 Å². The first-order chi connectivity index (χ1) is 14.2. The van der Waals surface area contributed by atoms with Crippen LogP contribution in [0.2, 0.25) is 5.02 Å². The third-order valence-electron chi connectivity index (χ3n) is 4.25. The lowest BCUT2D eigenvalue weighted by atomic mass is 10.1. The molecule has 11 heteroatoms. The number of hydrogen-bond acceptors (Lipinski definition) is 4. The van der Waals surface area contributed by atoms with E-state index in [-0.39, 0.29) is 5.69 Å². The minimum atomic E-state index is -5.01. The Bertz CT molecular complexity index is 1280. The minimum Gasteiger partial charge on any atom is -0.343 e. The van der Waals surface area contributed by atoms with Gasteiger partial charge >= 0.3 is 12.1 Å². The number of alkyl halides is 3. The van der Waals surface area contributed by atoms with Gasteiger partial charge in [0.1, 0.15) is 11.3 Å². The molecule has 6 nitrogen and oxygen atoms in total. The molecule has 0 bridgehead atoms. The van der Waals surface area contributed by atoms with Crippen LogP contribution in [0.5, 0.6) is 0 Å². The van der Waals surface area contributed by atoms with E-state index in [1.165, 1.54) is 11.3 Å². The van der Waals surface area contributed by atoms with Crippen molar-refractivity contribution < 1.29 is 18.0 Å². The van der Waals surface area contributed by atoms with Crippen LogP contribution in [-0.2, 0) is 11.3 Å². The van der Waals surface area contributed by atoms with Gasteiger partial charge in [0.25, 0.3) is 5.56 Å². The van der Waals surface area contributed by atoms with Crippen molar-refractivity contribution >= 4 is 34.5 Å². The highest BCUT2D eigenvalue weighted by Gasteiger charge is 2.38. The van der Waals surface area contributed by atoms with E-state index in [1.807, 2.05) is 17.5 Å². The topological polar surface area (TPSA) is 79.3 Å². The number of thiophene rings is 1. The summed E-state index contributed by atoms with van der Waals surface area (Å²) < 4.78 is 38.5. The number of halogens is 4. The number of rotatable bonds is 4. The number of hydrogen-bond donors (Lipinski definition) is 2. The van der Waals surface area contributed by atoms with E-state index in [1.54, 1.807) is 29.6 Å². The molecule has 0 atom stereocenters. The smallest absolute Gasteiger partial charge is 0.343 e. The Hall–Kier alpha value is -3.11. The van der Waals surface area contributed by atoms with Crippen molar-refractivity contribution in [1.82, 2.24) is 19.9 Å². The third-order valence-corrected chi connectivity index (χ3v) is 5.39. The third kappa shape index (κ3) is 3.83. The molecular weight excluding hydrogens is 441 g/mol. The minimum absolute atomic E-state index is 0.116. The Balaban J connectivity index is 1.85. The molecule has 4 aromatic rings. The second-order valence-corrected chi connectivity index (χ2v) is 7.67. The first-order valence-electron chi connectivity index (χ1n) is 8.54. The monoisotopic (exact) mass is 452 g/mol. The summed E-state index contributed by atoms with van der Waals surface area (Å²) in [5.41, 5.74) is 1.73. The standard InChI is InChI=1S/C19H12ClF3N4O2S/c20-11-5-3-10(4-6-11)16-15(13-2-1-7-30-13)17-25-12(8-14(28)27(17)26-16)9-24-18(29)19(21,22)23/h1-8,25H,9H2,(H,24,29). The van der Waals surface area contributed by atoms with Crippen LogP contribution in [0.15, 0.2) is 52.6 Å². The van der Waals surface area contributed by atoms with Crippen LogP contribution in [0.25, 0.3) is 27.3 Å². The quantitative estimate of drug-likeness (QED) is 0.486. The highest BCUT2D eigenvalue weighted by atomic mass is 35.5. The molecule has 2 N–H and O–H groups in total. The molecular formula is C19H12ClF3N4O2S. The number of nitrogens with one attached hydrogen (secondary N) is 2. The Morgan fingerprint density at radius 3 is 2.60 bits per heavy atom. The van der Waals surface area contributed by atoms with Gasteiger partial charge in [-0.15, -0.1) is 11.3 Å². The van der Waals surface area contributed by atoms with E-state index >= 15 is 0 Å². The predicted octanol–water partition coefficient (Wildman–Crippen LogP) is 4.25. The first kappa shape index (κ1) is 20.2. The molecule has 0 unspecified atom stereocenters. The van der Waals surface area contributed by atoms with Crippen molar-refractivity contribution in [2.24, 2.45) is 0 Å². The van der Waals surface area contributed by atoms with Crippen molar-refractivity contribution in [3.63, 3.8) is 0 Å². The average molecular weight is 453 g/mol. The molecule has 0 aliphatic rings. The Morgan fingerprint density at radius 1 is 1.23 bits per heavy atom. The van der Waals surface area contributed by atoms with Gasteiger partial charge in [0.05, 0.1) is 12.1 Å². The predicted molar refractivity (Wildman–Crippen MR) is 107 cm³/mol. The summed E-state index contributed by atoms with van der Waals surface area (Å²) in [5, 5.41) is 8.56. The number of carbonyl (C=O) groups is 1. The van der Waals surface area contributed by atoms with Crippen molar-refractivity contribution in [3.05, 3.63) is 68.9 Å². The molecule has 30 heavy (non-hydrogen) atoms. The van der Waals surface area contributed by atoms with Gasteiger partial charge in [-0.1, -0.05) is 29.8 Å². The fourth-order valence-corrected chi connectivity index (χ4v) is 3.82. The van der Waals surface area contributed by atoms with Gasteiger partial charge in [-0.05, 0) is 23.6 Å². The summed E-state index contributed by atoms with van der Waals surface area (Å²) in [6, 6.07) is 11.7. The lowest BCUT2D eigenvalue weighted by Crippen LogP contribution is -2.36. The molecule has 0 spiro atoms. The molecule has 3 aromatic heterocycles. The average Bonchev–Trinajstić information content (AvgIpc) is 3.33. The van der Waals surface area contributed by atoms with Crippen molar-refractivity contribution in [2.75, 3.05) is 0 Å². The van der Waals surface area contributed by atoms with Crippen LogP contribution in [-0.4, -0.2) is 26.7 Å². The van der Waals surface area contributed by atoms with Gasteiger partial charge in [0.15, 0.2) is 0 Å². The van der Waals surface area contributed by atoms with Gasteiger partial charge in [-0.2, -0.15) is 22.8 Å². The van der Waals surface area contributed by atoms with Gasteiger partial charge < -0.3 is 10.3 Å². The Morgan fingerprint density at radius 2 is 1.97 bits per heavy atom. The van der Waals surface area contributed by atoms with E-state index in [0.717, 1.165) is 15.5 Å². The number of nitrogens with zero attached hydrogens (tertiary/aromatic N) is 2. The molecule has 0 fully saturated rings. The highest BCUT2D eigenvalue weighted by molar-refractivity contribution is 7.13. The summed E-state index contributed by atoms with van der Waals surface area (Å²) in [5.74, 6) is -2.09. The summed E-state index contributed by atoms with van der Waals surface area (Å²) in [7, 11) is 0. The van der Waals surface area contributed by atoms with E-state index in [9.17, 15) is 22.8 Å². The fraction of sp³-hybridized carbons (Fsp3) is 0.105. The zero-order valence-electron chi connectivity index (χ0n) is 15.0. The van der Waals surface area contributed by atoms with Crippen LogP contribution in [0, 0.1) is 0 Å². The largest absolute Gasteiger partial charge is 0.471 e. The number of fused-ring (bicyclic) bond motifs is 1. The number of aromatic amines is 1. The Kier molecular flexibility index (Phi) is 5.12. The van der Waals surface area contributed by atoms with Crippen molar-refractivity contribution in [2.45, 2.75) is 12.7 Å². The van der Waals surface area contributed by atoms with E-state index < -0.39 is 24.2 Å². The second-order valence-electron chi connectivity index (χ2n) is 6.28. The van der Waals surface area contributed by atoms with Crippen molar-refractivity contribution in [3.8, 4) is 21.7 Å². The van der Waals surface area contributed by atoms with Gasteiger partial charge in [-0.25, -0.2) is 0 Å². The van der Waals surface area contributed by atoms with Gasteiger partial charge in [0.2, 0.25) is 0 Å². The van der Waals surface area contributed by atoms with E-state index in [4.69, 9.17) is 11.6 Å². The SMILES string of the molecule is O=C(NCc1cc(=O)n2nc(-c3ccc(Cl)cc3)c(-c3cccs3)c2[nH]1)C(F)(F)F. The Labute approximate surface area is 175 Å². The maximum Gasteiger partial charge on any atom is 0.471 e. The van der Waals surface area contributed by atoms with Crippen LogP contribution in [0.3, 0.4) is 0 Å². The van der Waals surface area contributed by atoms with Crippen LogP contribution in [0.4, 0.5) is 13.2 Å². The molecule has 0 aliphatic heterocycles. The maximum atomic E-state index is 12.6. The molecule has 4 rings (SSSR count). The summed E-state index contributed by atoms with van der Waals surface area (Å²) in [6.45, 7) is -0.491. The zero-order valence-corrected chi connectivity index (χ0v) is 16.5. The van der Waals surface area contributed by atoms with E-state index in [2.05, 4.69) is 10.1 Å². The highest BCUT2D eigenvalue weighted by Crippen LogP contribution is 2.36. The van der Waals surface area contributed by atoms with Gasteiger partial charge in [0, 0.05) is 27.2 Å². The summed E-state index contributed by atoms with van der Waals surface area (Å²) >= 11 is 7.38. The van der Waals surface area contributed by atoms with Crippen molar-refractivity contribution in [1.29, 1.82) is 0 Å². The van der Waals surface area contributed by atoms with E-state index in [0.29, 0.717) is 27.5 Å². The summed E-state index contributed by atoms with van der Waals surface area (Å²) in [6.07, 6.45) is -5.01. The second kappa shape index (κ2) is 7.62. The molecule has 0 aliphatic carbocycles. The summed E-state index contributed by atoms with van der Waals surface area (Å²) in [4.78, 5) is 27.4. The maximum absolute atomic E-state index is 12.6. The molecule has 1 amide bonds. The fourth-order valence-electron chi connectivity index (χ4n) is 2.93. The number of H-pyrrole nitrogens is 1. The normalized spacial score (nSPS) is 11.7. The molecule has 154 valence electrons. The lowest BCUT2D eigenvalue weighted by Gasteiger charge is -2.08. The number of aromatic nitrogens is 3. The zero-order chi connectivity index (χ0) is 21.5. The van der Waals surface area contributed by atoms with Crippen LogP contribution < -0.4 is 10.9 Å². The molecule has 3 heterocycles. The molecule has 0 saturated heterocycles. The molecule has 1 aromatic carbocycles. The number of benzene rings is 1. The molecule has 0 radical (unpaired) electrons. The lowest BCUT2D eigenvalue weighted by molar-refractivity contribution is -0.173. The first-order valence-corrected chi connectivity index (χ1v) is 9.79. The van der Waals surface area contributed by atoms with Gasteiger partial charge in [-0.3, -0.25) is 9.59 Å². The molecule has 0 saturated carbocycles.